The van der Waals surface area contributed by atoms with Crippen molar-refractivity contribution in [1.82, 2.24) is 4.90 Å². The van der Waals surface area contributed by atoms with Gasteiger partial charge in [-0.15, -0.1) is 0 Å². The lowest BCUT2D eigenvalue weighted by Gasteiger charge is -2.31. The first-order chi connectivity index (χ1) is 17.2. The molecule has 5 rings (SSSR count). The van der Waals surface area contributed by atoms with Crippen molar-refractivity contribution in [3.63, 3.8) is 0 Å². The first kappa shape index (κ1) is 22.9. The lowest BCUT2D eigenvalue weighted by molar-refractivity contribution is -0.119. The van der Waals surface area contributed by atoms with E-state index in [0.717, 1.165) is 21.9 Å². The predicted molar refractivity (Wildman–Crippen MR) is 142 cm³/mol. The molecule has 0 fully saturated rings. The van der Waals surface area contributed by atoms with Crippen LogP contribution >= 0.6 is 11.8 Å². The molecule has 0 radical (unpaired) electrons. The SMILES string of the molecule is COc1cc2c(cc1OC)C1=NC(=O)[C@@H](Cc3ccccc3)N1C(SC/C=C/c1ccccc1)=N2. The number of ether oxygens (including phenoxy) is 2. The van der Waals surface area contributed by atoms with Crippen molar-refractivity contribution in [1.29, 1.82) is 0 Å². The van der Waals surface area contributed by atoms with Crippen LogP contribution in [-0.2, 0) is 11.2 Å². The number of amidine groups is 2. The average Bonchev–Trinajstić information content (AvgIpc) is 3.23. The highest BCUT2D eigenvalue weighted by atomic mass is 32.2. The maximum atomic E-state index is 13.1. The average molecular weight is 484 g/mol. The predicted octanol–water partition coefficient (Wildman–Crippen LogP) is 5.35. The minimum Gasteiger partial charge on any atom is -0.493 e. The van der Waals surface area contributed by atoms with Crippen LogP contribution in [-0.4, -0.2) is 47.8 Å². The largest absolute Gasteiger partial charge is 0.493 e. The molecule has 0 N–H and O–H groups in total. The number of methoxy groups -OCH3 is 2. The fourth-order valence-electron chi connectivity index (χ4n) is 4.19. The van der Waals surface area contributed by atoms with Crippen LogP contribution in [0.2, 0.25) is 0 Å². The molecule has 3 aromatic rings. The van der Waals surface area contributed by atoms with E-state index < -0.39 is 6.04 Å². The molecule has 1 atom stereocenters. The van der Waals surface area contributed by atoms with Crippen LogP contribution < -0.4 is 9.47 Å². The van der Waals surface area contributed by atoms with Gasteiger partial charge in [-0.25, -0.2) is 4.99 Å². The van der Waals surface area contributed by atoms with Gasteiger partial charge >= 0.3 is 0 Å². The van der Waals surface area contributed by atoms with Gasteiger partial charge in [0, 0.05) is 23.8 Å². The molecule has 0 saturated heterocycles. The van der Waals surface area contributed by atoms with Crippen LogP contribution in [0.1, 0.15) is 16.7 Å². The lowest BCUT2D eigenvalue weighted by atomic mass is 10.0. The van der Waals surface area contributed by atoms with Gasteiger partial charge in [0.2, 0.25) is 0 Å². The van der Waals surface area contributed by atoms with Gasteiger partial charge in [0.1, 0.15) is 11.9 Å². The fraction of sp³-hybridized carbons (Fsp3) is 0.179. The molecule has 0 unspecified atom stereocenters. The fourth-order valence-corrected chi connectivity index (χ4v) is 5.05. The van der Waals surface area contributed by atoms with Crippen molar-refractivity contribution in [2.24, 2.45) is 9.98 Å². The summed E-state index contributed by atoms with van der Waals surface area (Å²) in [6.45, 7) is 0. The lowest BCUT2D eigenvalue weighted by Crippen LogP contribution is -2.44. The van der Waals surface area contributed by atoms with Gasteiger partial charge in [0.25, 0.3) is 5.91 Å². The second-order valence-electron chi connectivity index (χ2n) is 8.09. The van der Waals surface area contributed by atoms with Crippen LogP contribution in [0.15, 0.2) is 88.9 Å². The number of fused-ring (bicyclic) bond motifs is 3. The Balaban J connectivity index is 1.49. The molecule has 7 heteroatoms. The van der Waals surface area contributed by atoms with Gasteiger partial charge in [-0.3, -0.25) is 9.69 Å². The van der Waals surface area contributed by atoms with E-state index in [1.54, 1.807) is 26.0 Å². The number of aliphatic imine (C=N–C) groups is 2. The Bertz CT molecular complexity index is 1320. The molecule has 0 aromatic heterocycles. The van der Waals surface area contributed by atoms with Crippen LogP contribution in [0, 0.1) is 0 Å². The molecule has 0 aliphatic carbocycles. The van der Waals surface area contributed by atoms with Crippen molar-refractivity contribution in [2.75, 3.05) is 20.0 Å². The molecule has 35 heavy (non-hydrogen) atoms. The number of hydrogen-bond donors (Lipinski definition) is 0. The Morgan fingerprint density at radius 3 is 2.34 bits per heavy atom. The van der Waals surface area contributed by atoms with E-state index in [4.69, 9.17) is 14.5 Å². The topological polar surface area (TPSA) is 63.5 Å². The maximum absolute atomic E-state index is 13.1. The minimum atomic E-state index is -0.446. The van der Waals surface area contributed by atoms with Gasteiger partial charge in [-0.1, -0.05) is 84.6 Å². The van der Waals surface area contributed by atoms with Crippen LogP contribution in [0.25, 0.3) is 6.08 Å². The Hall–Kier alpha value is -3.84. The van der Waals surface area contributed by atoms with Crippen molar-refractivity contribution in [2.45, 2.75) is 12.5 Å². The van der Waals surface area contributed by atoms with Gasteiger partial charge in [0.15, 0.2) is 16.7 Å². The third-order valence-corrected chi connectivity index (χ3v) is 6.80. The molecular weight excluding hydrogens is 458 g/mol. The number of carbonyl (C=O) groups is 1. The quantitative estimate of drug-likeness (QED) is 0.453. The normalized spacial score (nSPS) is 16.6. The summed E-state index contributed by atoms with van der Waals surface area (Å²) in [7, 11) is 3.19. The number of nitrogens with zero attached hydrogens (tertiary/aromatic N) is 3. The molecule has 176 valence electrons. The van der Waals surface area contributed by atoms with Crippen molar-refractivity contribution < 1.29 is 14.3 Å². The second-order valence-corrected chi connectivity index (χ2v) is 9.08. The summed E-state index contributed by atoms with van der Waals surface area (Å²) in [5.74, 6) is 2.30. The number of carbonyl (C=O) groups excluding carboxylic acids is 1. The van der Waals surface area contributed by atoms with Crippen molar-refractivity contribution in [3.05, 3.63) is 95.6 Å². The van der Waals surface area contributed by atoms with Crippen LogP contribution in [0.4, 0.5) is 5.69 Å². The third kappa shape index (κ3) is 4.72. The molecule has 0 spiro atoms. The molecule has 1 amide bonds. The molecule has 6 nitrogen and oxygen atoms in total. The molecule has 2 aliphatic rings. The Morgan fingerprint density at radius 1 is 0.943 bits per heavy atom. The monoisotopic (exact) mass is 483 g/mol. The summed E-state index contributed by atoms with van der Waals surface area (Å²) < 4.78 is 11.0. The number of amides is 1. The Labute approximate surface area is 209 Å². The van der Waals surface area contributed by atoms with Gasteiger partial charge in [-0.2, -0.15) is 4.99 Å². The first-order valence-corrected chi connectivity index (χ1v) is 12.3. The van der Waals surface area contributed by atoms with E-state index in [1.807, 2.05) is 65.6 Å². The van der Waals surface area contributed by atoms with Gasteiger partial charge < -0.3 is 9.47 Å². The van der Waals surface area contributed by atoms with Crippen molar-refractivity contribution >= 4 is 40.4 Å². The van der Waals surface area contributed by atoms with E-state index in [9.17, 15) is 4.79 Å². The summed E-state index contributed by atoms with van der Waals surface area (Å²) in [6.07, 6.45) is 4.74. The summed E-state index contributed by atoms with van der Waals surface area (Å²) in [5.41, 5.74) is 3.69. The van der Waals surface area contributed by atoms with Crippen LogP contribution in [0.5, 0.6) is 11.5 Å². The summed E-state index contributed by atoms with van der Waals surface area (Å²) in [4.78, 5) is 24.5. The summed E-state index contributed by atoms with van der Waals surface area (Å²) in [5, 5.41) is 0.743. The molecular formula is C28H25N3O3S. The maximum Gasteiger partial charge on any atom is 0.271 e. The second kappa shape index (κ2) is 10.2. The first-order valence-electron chi connectivity index (χ1n) is 11.3. The van der Waals surface area contributed by atoms with Gasteiger partial charge in [-0.05, 0) is 17.2 Å². The molecule has 3 aromatic carbocycles. The Morgan fingerprint density at radius 2 is 1.63 bits per heavy atom. The highest BCUT2D eigenvalue weighted by molar-refractivity contribution is 8.14. The highest BCUT2D eigenvalue weighted by Gasteiger charge is 2.42. The highest BCUT2D eigenvalue weighted by Crippen LogP contribution is 2.41. The molecule has 0 saturated carbocycles. The zero-order valence-corrected chi connectivity index (χ0v) is 20.4. The zero-order chi connectivity index (χ0) is 24.2. The minimum absolute atomic E-state index is 0.167. The van der Waals surface area contributed by atoms with Crippen LogP contribution in [0.3, 0.4) is 0 Å². The molecule has 0 bridgehead atoms. The van der Waals surface area contributed by atoms with Gasteiger partial charge in [0.05, 0.1) is 19.9 Å². The number of benzene rings is 3. The molecule has 2 aliphatic heterocycles. The Kier molecular flexibility index (Phi) is 6.68. The number of rotatable bonds is 7. The number of hydrogen-bond acceptors (Lipinski definition) is 6. The van der Waals surface area contributed by atoms with Crippen molar-refractivity contribution in [3.8, 4) is 11.5 Å². The standard InChI is InChI=1S/C28H25N3O3S/c1-33-24-17-21-22(18-25(24)34-2)29-28(35-15-9-14-19-10-5-3-6-11-19)31-23(27(32)30-26(21)31)16-20-12-7-4-8-13-20/h3-14,17-18,23H,15-16H2,1-2H3/b14-9+/t23-/m1/s1. The summed E-state index contributed by atoms with van der Waals surface area (Å²) in [6, 6.07) is 23.4. The third-order valence-electron chi connectivity index (χ3n) is 5.90. The van der Waals surface area contributed by atoms with E-state index in [0.29, 0.717) is 35.2 Å². The number of thioether (sulfide) groups is 1. The summed E-state index contributed by atoms with van der Waals surface area (Å²) >= 11 is 1.58. The van der Waals surface area contributed by atoms with E-state index in [1.165, 1.54) is 0 Å². The smallest absolute Gasteiger partial charge is 0.271 e. The van der Waals surface area contributed by atoms with E-state index in [-0.39, 0.29) is 5.91 Å². The zero-order valence-electron chi connectivity index (χ0n) is 19.5. The molecule has 2 heterocycles. The van der Waals surface area contributed by atoms with E-state index >= 15 is 0 Å². The van der Waals surface area contributed by atoms with E-state index in [2.05, 4.69) is 29.3 Å².